The second kappa shape index (κ2) is 8.22. The lowest BCUT2D eigenvalue weighted by Crippen LogP contribution is -2.39. The zero-order chi connectivity index (χ0) is 19.1. The van der Waals surface area contributed by atoms with Crippen LogP contribution in [0.2, 0.25) is 0 Å². The van der Waals surface area contributed by atoms with Gasteiger partial charge in [-0.2, -0.15) is 0 Å². The van der Waals surface area contributed by atoms with E-state index < -0.39 is 0 Å². The quantitative estimate of drug-likeness (QED) is 0.611. The van der Waals surface area contributed by atoms with Crippen LogP contribution in [0.15, 0.2) is 0 Å². The molecule has 2 N–H and O–H groups in total. The summed E-state index contributed by atoms with van der Waals surface area (Å²) < 4.78 is 0. The monoisotopic (exact) mass is 388 g/mol. The van der Waals surface area contributed by atoms with Crippen molar-refractivity contribution in [3.05, 3.63) is 0 Å². The number of hydrogen-bond donors (Lipinski definition) is 2. The minimum Gasteiger partial charge on any atom is -0.393 e. The van der Waals surface area contributed by atoms with E-state index in [2.05, 4.69) is 0 Å². The molecule has 5 saturated carbocycles. The van der Waals surface area contributed by atoms with Crippen molar-refractivity contribution in [3.63, 3.8) is 0 Å². The van der Waals surface area contributed by atoms with Crippen LogP contribution in [0.3, 0.4) is 0 Å². The van der Waals surface area contributed by atoms with E-state index in [0.29, 0.717) is 0 Å². The molecule has 5 fully saturated rings. The predicted octanol–water partition coefficient (Wildman–Crippen LogP) is 6.09. The summed E-state index contributed by atoms with van der Waals surface area (Å²) in [6, 6.07) is 0. The van der Waals surface area contributed by atoms with Crippen molar-refractivity contribution in [1.29, 1.82) is 0 Å². The van der Waals surface area contributed by atoms with Gasteiger partial charge in [0.25, 0.3) is 0 Å². The fourth-order valence-electron chi connectivity index (χ4n) is 9.05. The maximum absolute atomic E-state index is 10.0. The Kier molecular flexibility index (Phi) is 5.83. The van der Waals surface area contributed by atoms with Crippen molar-refractivity contribution in [3.8, 4) is 0 Å². The molecule has 5 aliphatic rings. The van der Waals surface area contributed by atoms with E-state index in [1.165, 1.54) is 64.2 Å². The Morgan fingerprint density at radius 2 is 0.964 bits per heavy atom. The number of rotatable bonds is 4. The van der Waals surface area contributed by atoms with E-state index in [4.69, 9.17) is 0 Å². The zero-order valence-corrected chi connectivity index (χ0v) is 18.0. The van der Waals surface area contributed by atoms with E-state index in [1.54, 1.807) is 19.3 Å². The normalized spacial score (nSPS) is 50.6. The van der Waals surface area contributed by atoms with Crippen molar-refractivity contribution in [2.75, 3.05) is 0 Å². The van der Waals surface area contributed by atoms with Gasteiger partial charge in [-0.1, -0.05) is 0 Å². The van der Waals surface area contributed by atoms with Gasteiger partial charge in [0.1, 0.15) is 0 Å². The molecule has 0 unspecified atom stereocenters. The lowest BCUT2D eigenvalue weighted by atomic mass is 9.58. The van der Waals surface area contributed by atoms with E-state index in [9.17, 15) is 10.2 Å². The summed E-state index contributed by atoms with van der Waals surface area (Å²) in [6.45, 7) is 0. The molecule has 0 heterocycles. The zero-order valence-electron chi connectivity index (χ0n) is 18.0. The van der Waals surface area contributed by atoms with Gasteiger partial charge in [0, 0.05) is 0 Å². The largest absolute Gasteiger partial charge is 0.393 e. The average molecular weight is 389 g/mol. The molecule has 5 rings (SSSR count). The molecule has 2 bridgehead atoms. The molecule has 0 radical (unpaired) electrons. The SMILES string of the molecule is OC1CCC(C(C2CCC(O)CC2)C2CCC(C34CCC(CC3)C4)CC2)CC1. The number of fused-ring (bicyclic) bond motifs is 2. The topological polar surface area (TPSA) is 40.5 Å². The fraction of sp³-hybridized carbons (Fsp3) is 1.00. The summed E-state index contributed by atoms with van der Waals surface area (Å²) in [5.74, 6) is 5.66. The molecule has 0 aromatic rings. The maximum atomic E-state index is 10.0. The van der Waals surface area contributed by atoms with Gasteiger partial charge in [-0.05, 0) is 150 Å². The predicted molar refractivity (Wildman–Crippen MR) is 114 cm³/mol. The molecule has 0 amide bonds. The van der Waals surface area contributed by atoms with Gasteiger partial charge in [0.05, 0.1) is 12.2 Å². The van der Waals surface area contributed by atoms with Crippen molar-refractivity contribution in [2.45, 2.75) is 121 Å². The van der Waals surface area contributed by atoms with E-state index >= 15 is 0 Å². The molecular formula is C26H44O2. The van der Waals surface area contributed by atoms with Crippen LogP contribution in [0.1, 0.15) is 109 Å². The Labute approximate surface area is 172 Å². The first-order valence-electron chi connectivity index (χ1n) is 13.0. The van der Waals surface area contributed by atoms with Crippen LogP contribution in [0, 0.1) is 40.9 Å². The maximum Gasteiger partial charge on any atom is 0.0540 e. The Hall–Kier alpha value is -0.0800. The van der Waals surface area contributed by atoms with Crippen LogP contribution in [0.4, 0.5) is 0 Å². The number of hydrogen-bond acceptors (Lipinski definition) is 2. The molecule has 0 spiro atoms. The minimum absolute atomic E-state index is 0.0300. The average Bonchev–Trinajstić information content (AvgIpc) is 3.34. The van der Waals surface area contributed by atoms with Gasteiger partial charge < -0.3 is 10.2 Å². The van der Waals surface area contributed by atoms with Crippen molar-refractivity contribution in [2.24, 2.45) is 40.9 Å². The Bertz CT molecular complexity index is 477. The van der Waals surface area contributed by atoms with Crippen LogP contribution in [-0.4, -0.2) is 22.4 Å². The molecule has 0 atom stereocenters. The highest BCUT2D eigenvalue weighted by molar-refractivity contribution is 5.01. The fourth-order valence-corrected chi connectivity index (χ4v) is 9.05. The first-order valence-corrected chi connectivity index (χ1v) is 13.0. The molecule has 2 nitrogen and oxygen atoms in total. The van der Waals surface area contributed by atoms with Crippen LogP contribution >= 0.6 is 0 Å². The van der Waals surface area contributed by atoms with Gasteiger partial charge in [-0.25, -0.2) is 0 Å². The van der Waals surface area contributed by atoms with E-state index in [0.717, 1.165) is 66.6 Å². The smallest absolute Gasteiger partial charge is 0.0540 e. The van der Waals surface area contributed by atoms with Crippen LogP contribution < -0.4 is 0 Å². The molecule has 0 aliphatic heterocycles. The summed E-state index contributed by atoms with van der Waals surface area (Å²) in [5, 5.41) is 20.1. The molecule has 0 aromatic carbocycles. The van der Waals surface area contributed by atoms with Gasteiger partial charge in [-0.3, -0.25) is 0 Å². The van der Waals surface area contributed by atoms with Gasteiger partial charge in [0.2, 0.25) is 0 Å². The Morgan fingerprint density at radius 3 is 1.36 bits per heavy atom. The molecule has 0 aromatic heterocycles. The molecular weight excluding hydrogens is 344 g/mol. The summed E-state index contributed by atoms with van der Waals surface area (Å²) >= 11 is 0. The van der Waals surface area contributed by atoms with Crippen molar-refractivity contribution >= 4 is 0 Å². The van der Waals surface area contributed by atoms with E-state index in [1.807, 2.05) is 0 Å². The Morgan fingerprint density at radius 1 is 0.536 bits per heavy atom. The third kappa shape index (κ3) is 3.82. The summed E-state index contributed by atoms with van der Waals surface area (Å²) in [7, 11) is 0. The third-order valence-corrected chi connectivity index (χ3v) is 10.5. The highest BCUT2D eigenvalue weighted by Gasteiger charge is 2.50. The second-order valence-corrected chi connectivity index (χ2v) is 11.8. The van der Waals surface area contributed by atoms with E-state index in [-0.39, 0.29) is 12.2 Å². The van der Waals surface area contributed by atoms with Crippen LogP contribution in [0.25, 0.3) is 0 Å². The Balaban J connectivity index is 1.25. The van der Waals surface area contributed by atoms with Gasteiger partial charge >= 0.3 is 0 Å². The minimum atomic E-state index is -0.0300. The van der Waals surface area contributed by atoms with Gasteiger partial charge in [-0.15, -0.1) is 0 Å². The lowest BCUT2D eigenvalue weighted by molar-refractivity contribution is -0.000428. The molecule has 2 heteroatoms. The number of aliphatic hydroxyl groups is 2. The summed E-state index contributed by atoms with van der Waals surface area (Å²) in [6.07, 6.45) is 22.9. The standard InChI is InChI=1S/C26H44O2/c27-23-9-3-20(4-10-23)25(21-5-11-24(28)12-6-21)19-1-7-22(8-2-19)26-15-13-18(17-26)14-16-26/h18-25,27-28H,1-17H2. The summed E-state index contributed by atoms with van der Waals surface area (Å²) in [4.78, 5) is 0. The summed E-state index contributed by atoms with van der Waals surface area (Å²) in [5.41, 5.74) is 0.773. The molecule has 160 valence electrons. The van der Waals surface area contributed by atoms with Crippen molar-refractivity contribution < 1.29 is 10.2 Å². The second-order valence-electron chi connectivity index (χ2n) is 11.8. The first-order chi connectivity index (χ1) is 13.6. The highest BCUT2D eigenvalue weighted by Crippen LogP contribution is 2.62. The third-order valence-electron chi connectivity index (χ3n) is 10.5. The lowest BCUT2D eigenvalue weighted by Gasteiger charge is -2.48. The van der Waals surface area contributed by atoms with Crippen molar-refractivity contribution in [1.82, 2.24) is 0 Å². The highest BCUT2D eigenvalue weighted by atomic mass is 16.3. The molecule has 5 aliphatic carbocycles. The van der Waals surface area contributed by atoms with Crippen LogP contribution in [-0.2, 0) is 0 Å². The first kappa shape index (κ1) is 19.9. The van der Waals surface area contributed by atoms with Crippen LogP contribution in [0.5, 0.6) is 0 Å². The molecule has 28 heavy (non-hydrogen) atoms. The van der Waals surface area contributed by atoms with Gasteiger partial charge in [0.15, 0.2) is 0 Å². The molecule has 0 saturated heterocycles. The number of aliphatic hydroxyl groups excluding tert-OH is 2.